The Bertz CT molecular complexity index is 420. The highest BCUT2D eigenvalue weighted by Gasteiger charge is 2.28. The first-order chi connectivity index (χ1) is 8.52. The van der Waals surface area contributed by atoms with Gasteiger partial charge in [-0.25, -0.2) is 0 Å². The normalized spacial score (nSPS) is 17.6. The summed E-state index contributed by atoms with van der Waals surface area (Å²) in [5.74, 6) is 0.418. The van der Waals surface area contributed by atoms with Crippen molar-refractivity contribution < 1.29 is 9.32 Å². The summed E-state index contributed by atoms with van der Waals surface area (Å²) in [6.07, 6.45) is 5.51. The molecule has 19 heavy (non-hydrogen) atoms. The fourth-order valence-corrected chi connectivity index (χ4v) is 2.58. The molecule has 0 saturated heterocycles. The zero-order valence-electron chi connectivity index (χ0n) is 11.5. The van der Waals surface area contributed by atoms with Gasteiger partial charge in [-0.3, -0.25) is 4.79 Å². The number of halogens is 1. The molecule has 0 unspecified atom stereocenters. The molecule has 1 heterocycles. The first-order valence-corrected chi connectivity index (χ1v) is 6.52. The Kier molecular flexibility index (Phi) is 5.38. The topological polar surface area (TPSA) is 81.2 Å². The maximum Gasteiger partial charge on any atom is 0.256 e. The highest BCUT2D eigenvalue weighted by atomic mass is 35.5. The molecule has 2 rings (SSSR count). The fourth-order valence-electron chi connectivity index (χ4n) is 2.58. The minimum atomic E-state index is -0.243. The van der Waals surface area contributed by atoms with Crippen LogP contribution in [0.1, 0.15) is 53.9 Å². The molecule has 6 heteroatoms. The molecule has 0 radical (unpaired) electrons. The van der Waals surface area contributed by atoms with Gasteiger partial charge in [0.1, 0.15) is 11.3 Å². The van der Waals surface area contributed by atoms with Crippen molar-refractivity contribution in [3.63, 3.8) is 0 Å². The van der Waals surface area contributed by atoms with Gasteiger partial charge in [0.2, 0.25) is 0 Å². The highest BCUT2D eigenvalue weighted by Crippen LogP contribution is 2.25. The van der Waals surface area contributed by atoms with Gasteiger partial charge in [0.15, 0.2) is 0 Å². The summed E-state index contributed by atoms with van der Waals surface area (Å²) in [6.45, 7) is 4.04. The van der Waals surface area contributed by atoms with Crippen LogP contribution in [0.3, 0.4) is 0 Å². The average molecular weight is 288 g/mol. The van der Waals surface area contributed by atoms with E-state index in [0.29, 0.717) is 23.6 Å². The van der Waals surface area contributed by atoms with Crippen LogP contribution < -0.4 is 11.1 Å². The van der Waals surface area contributed by atoms with Crippen LogP contribution in [0.25, 0.3) is 0 Å². The molecule has 0 aromatic carbocycles. The van der Waals surface area contributed by atoms with E-state index in [0.717, 1.165) is 25.7 Å². The molecule has 5 nitrogen and oxygen atoms in total. The quantitative estimate of drug-likeness (QED) is 0.892. The van der Waals surface area contributed by atoms with Gasteiger partial charge in [-0.05, 0) is 26.7 Å². The maximum absolute atomic E-state index is 12.1. The first-order valence-electron chi connectivity index (χ1n) is 6.52. The molecule has 108 valence electrons. The van der Waals surface area contributed by atoms with Crippen molar-refractivity contribution in [1.82, 2.24) is 10.5 Å². The third-order valence-corrected chi connectivity index (χ3v) is 3.71. The largest absolute Gasteiger partial charge is 0.361 e. The van der Waals surface area contributed by atoms with E-state index in [4.69, 9.17) is 10.3 Å². The predicted molar refractivity (Wildman–Crippen MR) is 75.6 cm³/mol. The first kappa shape index (κ1) is 16.0. The van der Waals surface area contributed by atoms with E-state index < -0.39 is 0 Å². The molecule has 1 aliphatic carbocycles. The van der Waals surface area contributed by atoms with Crippen LogP contribution in [0, 0.1) is 13.8 Å². The van der Waals surface area contributed by atoms with Crippen LogP contribution >= 0.6 is 12.4 Å². The lowest BCUT2D eigenvalue weighted by Gasteiger charge is -2.33. The number of hydrogen-bond acceptors (Lipinski definition) is 4. The van der Waals surface area contributed by atoms with Crippen molar-refractivity contribution in [2.24, 2.45) is 5.73 Å². The smallest absolute Gasteiger partial charge is 0.256 e. The lowest BCUT2D eigenvalue weighted by molar-refractivity contribution is 0.0935. The molecule has 0 atom stereocenters. The molecule has 1 aromatic heterocycles. The summed E-state index contributed by atoms with van der Waals surface area (Å²) in [5.41, 5.74) is 7.20. The van der Waals surface area contributed by atoms with E-state index in [-0.39, 0.29) is 23.9 Å². The van der Waals surface area contributed by atoms with Crippen LogP contribution in [0.5, 0.6) is 0 Å². The van der Waals surface area contributed by atoms with Crippen molar-refractivity contribution in [3.8, 4) is 0 Å². The zero-order chi connectivity index (χ0) is 13.2. The maximum atomic E-state index is 12.1. The van der Waals surface area contributed by atoms with Gasteiger partial charge < -0.3 is 15.6 Å². The highest BCUT2D eigenvalue weighted by molar-refractivity contribution is 5.96. The Balaban J connectivity index is 0.00000180. The second-order valence-electron chi connectivity index (χ2n) is 5.30. The molecular formula is C13H22ClN3O2. The Hall–Kier alpha value is -1.07. The Morgan fingerprint density at radius 3 is 2.53 bits per heavy atom. The van der Waals surface area contributed by atoms with Crippen LogP contribution in [-0.4, -0.2) is 23.1 Å². The molecule has 0 aliphatic heterocycles. The van der Waals surface area contributed by atoms with Crippen LogP contribution in [0.15, 0.2) is 4.52 Å². The van der Waals surface area contributed by atoms with Gasteiger partial charge in [0, 0.05) is 12.1 Å². The Labute approximate surface area is 119 Å². The van der Waals surface area contributed by atoms with Crippen LogP contribution in [-0.2, 0) is 0 Å². The number of aryl methyl sites for hydroxylation is 2. The molecule has 0 bridgehead atoms. The van der Waals surface area contributed by atoms with Gasteiger partial charge in [-0.2, -0.15) is 0 Å². The summed E-state index contributed by atoms with van der Waals surface area (Å²) in [6, 6.07) is 0. The lowest BCUT2D eigenvalue weighted by atomic mass is 9.82. The van der Waals surface area contributed by atoms with Crippen molar-refractivity contribution in [2.75, 3.05) is 6.54 Å². The monoisotopic (exact) mass is 287 g/mol. The summed E-state index contributed by atoms with van der Waals surface area (Å²) >= 11 is 0. The van der Waals surface area contributed by atoms with E-state index in [2.05, 4.69) is 10.5 Å². The van der Waals surface area contributed by atoms with Crippen LogP contribution in [0.4, 0.5) is 0 Å². The van der Waals surface area contributed by atoms with Crippen molar-refractivity contribution in [2.45, 2.75) is 51.5 Å². The second-order valence-corrected chi connectivity index (χ2v) is 5.30. The van der Waals surface area contributed by atoms with Gasteiger partial charge >= 0.3 is 0 Å². The van der Waals surface area contributed by atoms with E-state index in [1.54, 1.807) is 13.8 Å². The number of amides is 1. The van der Waals surface area contributed by atoms with Crippen molar-refractivity contribution in [1.29, 1.82) is 0 Å². The lowest BCUT2D eigenvalue weighted by Crippen LogP contribution is -2.51. The number of nitrogens with one attached hydrogen (secondary N) is 1. The van der Waals surface area contributed by atoms with E-state index in [9.17, 15) is 4.79 Å². The number of rotatable bonds is 3. The molecular weight excluding hydrogens is 266 g/mol. The molecule has 0 spiro atoms. The minimum absolute atomic E-state index is 0. The van der Waals surface area contributed by atoms with Gasteiger partial charge in [-0.1, -0.05) is 24.4 Å². The van der Waals surface area contributed by atoms with E-state index in [1.807, 2.05) is 0 Å². The molecule has 1 amide bonds. The minimum Gasteiger partial charge on any atom is -0.361 e. The summed E-state index contributed by atoms with van der Waals surface area (Å²) in [5, 5.41) is 6.70. The number of hydrogen-bond donors (Lipinski definition) is 2. The fraction of sp³-hybridized carbons (Fsp3) is 0.692. The van der Waals surface area contributed by atoms with E-state index >= 15 is 0 Å². The number of carbonyl (C=O) groups excluding carboxylic acids is 1. The zero-order valence-corrected chi connectivity index (χ0v) is 12.3. The number of aromatic nitrogens is 1. The summed E-state index contributed by atoms with van der Waals surface area (Å²) in [4.78, 5) is 12.1. The molecule has 1 aliphatic rings. The second kappa shape index (κ2) is 6.39. The van der Waals surface area contributed by atoms with Gasteiger partial charge in [0.05, 0.1) is 5.69 Å². The Morgan fingerprint density at radius 1 is 1.37 bits per heavy atom. The van der Waals surface area contributed by atoms with Gasteiger partial charge in [-0.15, -0.1) is 12.4 Å². The average Bonchev–Trinajstić information content (AvgIpc) is 2.67. The molecule has 1 saturated carbocycles. The summed E-state index contributed by atoms with van der Waals surface area (Å²) in [7, 11) is 0. The van der Waals surface area contributed by atoms with E-state index in [1.165, 1.54) is 6.42 Å². The molecule has 3 N–H and O–H groups in total. The standard InChI is InChI=1S/C13H21N3O2.ClH/c1-9-11(10(2)18-16-9)12(17)15-8-13(14)6-4-3-5-7-13;/h3-8,14H2,1-2H3,(H,15,17);1H. The predicted octanol–water partition coefficient (Wildman–Crippen LogP) is 2.10. The number of carbonyl (C=O) groups is 1. The molecule has 1 aromatic rings. The number of nitrogens with zero attached hydrogens (tertiary/aromatic N) is 1. The third kappa shape index (κ3) is 3.70. The SMILES string of the molecule is Cc1noc(C)c1C(=O)NCC1(N)CCCCC1.Cl. The van der Waals surface area contributed by atoms with Crippen molar-refractivity contribution >= 4 is 18.3 Å². The van der Waals surface area contributed by atoms with Crippen molar-refractivity contribution in [3.05, 3.63) is 17.0 Å². The third-order valence-electron chi connectivity index (χ3n) is 3.71. The molecule has 1 fully saturated rings. The number of nitrogens with two attached hydrogens (primary N) is 1. The summed E-state index contributed by atoms with van der Waals surface area (Å²) < 4.78 is 4.99. The van der Waals surface area contributed by atoms with Crippen LogP contribution in [0.2, 0.25) is 0 Å². The Morgan fingerprint density at radius 2 is 2.00 bits per heavy atom. The van der Waals surface area contributed by atoms with Gasteiger partial charge in [0.25, 0.3) is 5.91 Å².